The van der Waals surface area contributed by atoms with Gasteiger partial charge >= 0.3 is 12.2 Å². The second kappa shape index (κ2) is 8.90. The van der Waals surface area contributed by atoms with Gasteiger partial charge < -0.3 is 20.1 Å². The minimum Gasteiger partial charge on any atom is -0.465 e. The molecule has 13 heteroatoms. The molecule has 1 fully saturated rings. The van der Waals surface area contributed by atoms with Gasteiger partial charge in [-0.05, 0) is 45.7 Å². The van der Waals surface area contributed by atoms with Gasteiger partial charge in [0, 0.05) is 30.7 Å². The Morgan fingerprint density at radius 2 is 2.06 bits per heavy atom. The van der Waals surface area contributed by atoms with Crippen LogP contribution in [0.3, 0.4) is 0 Å². The SMILES string of the molecule is Cc1cc(S(=O)(=O)N(C(=O)OC(C)(C)C)c2cscn2)cnc1N[C@H]1CCN(C(=O)O)C1. The van der Waals surface area contributed by atoms with Gasteiger partial charge in [0.1, 0.15) is 16.3 Å². The first-order valence-corrected chi connectivity index (χ1v) is 12.1. The molecule has 32 heavy (non-hydrogen) atoms. The molecule has 0 aliphatic carbocycles. The summed E-state index contributed by atoms with van der Waals surface area (Å²) in [4.78, 5) is 33.1. The fourth-order valence-corrected chi connectivity index (χ4v) is 5.00. The topological polar surface area (TPSA) is 142 Å². The summed E-state index contributed by atoms with van der Waals surface area (Å²) in [7, 11) is -4.36. The summed E-state index contributed by atoms with van der Waals surface area (Å²) in [5, 5.41) is 13.7. The molecular weight excluding hydrogens is 458 g/mol. The Balaban J connectivity index is 1.87. The summed E-state index contributed by atoms with van der Waals surface area (Å²) in [6.07, 6.45) is -0.283. The Kier molecular flexibility index (Phi) is 6.60. The largest absolute Gasteiger partial charge is 0.465 e. The number of aromatic nitrogens is 2. The van der Waals surface area contributed by atoms with Crippen LogP contribution in [0.15, 0.2) is 28.0 Å². The molecule has 0 saturated carbocycles. The molecule has 0 radical (unpaired) electrons. The number of nitrogens with zero attached hydrogens (tertiary/aromatic N) is 4. The zero-order chi connectivity index (χ0) is 23.7. The van der Waals surface area contributed by atoms with E-state index in [0.717, 1.165) is 17.5 Å². The van der Waals surface area contributed by atoms with Crippen molar-refractivity contribution in [2.75, 3.05) is 22.7 Å². The second-order valence-electron chi connectivity index (χ2n) is 8.29. The van der Waals surface area contributed by atoms with Gasteiger partial charge in [-0.2, -0.15) is 0 Å². The normalized spacial score (nSPS) is 16.6. The molecule has 0 bridgehead atoms. The Labute approximate surface area is 190 Å². The number of hydrogen-bond donors (Lipinski definition) is 2. The number of thiazole rings is 1. The van der Waals surface area contributed by atoms with Crippen molar-refractivity contribution in [3.8, 4) is 0 Å². The molecule has 1 atom stereocenters. The third-order valence-corrected chi connectivity index (χ3v) is 6.79. The van der Waals surface area contributed by atoms with Crippen molar-refractivity contribution in [1.82, 2.24) is 14.9 Å². The van der Waals surface area contributed by atoms with Crippen LogP contribution in [0.25, 0.3) is 0 Å². The Bertz CT molecular complexity index is 1100. The van der Waals surface area contributed by atoms with Crippen LogP contribution in [0, 0.1) is 6.92 Å². The van der Waals surface area contributed by atoms with Crippen molar-refractivity contribution in [2.45, 2.75) is 50.7 Å². The van der Waals surface area contributed by atoms with E-state index in [-0.39, 0.29) is 16.8 Å². The van der Waals surface area contributed by atoms with E-state index in [2.05, 4.69) is 15.3 Å². The molecule has 0 unspecified atom stereocenters. The smallest absolute Gasteiger partial charge is 0.430 e. The van der Waals surface area contributed by atoms with Gasteiger partial charge in [-0.1, -0.05) is 0 Å². The van der Waals surface area contributed by atoms with Crippen LogP contribution in [0.1, 0.15) is 32.8 Å². The molecule has 0 spiro atoms. The van der Waals surface area contributed by atoms with E-state index in [4.69, 9.17) is 9.84 Å². The molecule has 11 nitrogen and oxygen atoms in total. The highest BCUT2D eigenvalue weighted by molar-refractivity contribution is 7.93. The van der Waals surface area contributed by atoms with E-state index in [1.807, 2.05) is 0 Å². The molecular formula is C19H25N5O6S2. The molecule has 0 aromatic carbocycles. The summed E-state index contributed by atoms with van der Waals surface area (Å²) >= 11 is 1.14. The molecule has 174 valence electrons. The van der Waals surface area contributed by atoms with E-state index in [9.17, 15) is 18.0 Å². The maximum absolute atomic E-state index is 13.3. The lowest BCUT2D eigenvalue weighted by molar-refractivity contribution is 0.0608. The van der Waals surface area contributed by atoms with Gasteiger partial charge in [-0.3, -0.25) is 0 Å². The summed E-state index contributed by atoms with van der Waals surface area (Å²) in [6.45, 7) is 7.31. The van der Waals surface area contributed by atoms with Crippen molar-refractivity contribution in [3.05, 3.63) is 28.7 Å². The zero-order valence-corrected chi connectivity index (χ0v) is 19.7. The monoisotopic (exact) mass is 483 g/mol. The van der Waals surface area contributed by atoms with Crippen molar-refractivity contribution < 1.29 is 27.9 Å². The van der Waals surface area contributed by atoms with Gasteiger partial charge in [0.05, 0.1) is 5.51 Å². The van der Waals surface area contributed by atoms with Crippen LogP contribution < -0.4 is 9.62 Å². The van der Waals surface area contributed by atoms with E-state index >= 15 is 0 Å². The lowest BCUT2D eigenvalue weighted by Gasteiger charge is -2.25. The third-order valence-electron chi connectivity index (χ3n) is 4.58. The first-order chi connectivity index (χ1) is 14.9. The number of anilines is 2. The molecule has 3 rings (SSSR count). The molecule has 3 heterocycles. The molecule has 1 aliphatic heterocycles. The fraction of sp³-hybridized carbons (Fsp3) is 0.474. The maximum Gasteiger partial charge on any atom is 0.430 e. The first-order valence-electron chi connectivity index (χ1n) is 9.76. The Morgan fingerprint density at radius 1 is 1.34 bits per heavy atom. The number of carboxylic acid groups (broad SMARTS) is 1. The minimum absolute atomic E-state index is 0.0659. The maximum atomic E-state index is 13.3. The standard InChI is InChI=1S/C19H25N5O6S2/c1-12-7-14(8-20-16(12)22-13-5-6-23(9-13)17(25)26)32(28,29)24(15-10-31-11-21-15)18(27)30-19(2,3)4/h7-8,10-11,13H,5-6,9H2,1-4H3,(H,20,22)(H,25,26)/t13-/m0/s1. The van der Waals surface area contributed by atoms with Crippen molar-refractivity contribution in [2.24, 2.45) is 0 Å². The number of carbonyl (C=O) groups excluding carboxylic acids is 1. The summed E-state index contributed by atoms with van der Waals surface area (Å²) < 4.78 is 32.5. The quantitative estimate of drug-likeness (QED) is 0.655. The van der Waals surface area contributed by atoms with E-state index in [1.165, 1.54) is 21.9 Å². The average molecular weight is 484 g/mol. The molecule has 2 amide bonds. The van der Waals surface area contributed by atoms with Crippen LogP contribution in [0.2, 0.25) is 0 Å². The number of amides is 2. The lowest BCUT2D eigenvalue weighted by atomic mass is 10.2. The minimum atomic E-state index is -4.36. The van der Waals surface area contributed by atoms with Crippen LogP contribution in [0.5, 0.6) is 0 Å². The van der Waals surface area contributed by atoms with Crippen molar-refractivity contribution in [1.29, 1.82) is 0 Å². The highest BCUT2D eigenvalue weighted by Crippen LogP contribution is 2.28. The van der Waals surface area contributed by atoms with Crippen LogP contribution in [-0.4, -0.2) is 65.3 Å². The Morgan fingerprint density at radius 3 is 2.59 bits per heavy atom. The molecule has 2 aromatic heterocycles. The first kappa shape index (κ1) is 23.7. The number of carbonyl (C=O) groups is 2. The summed E-state index contributed by atoms with van der Waals surface area (Å²) in [5.74, 6) is 0.377. The third kappa shape index (κ3) is 5.27. The predicted molar refractivity (Wildman–Crippen MR) is 119 cm³/mol. The fourth-order valence-electron chi connectivity index (χ4n) is 3.12. The van der Waals surface area contributed by atoms with Crippen molar-refractivity contribution >= 4 is 45.2 Å². The predicted octanol–water partition coefficient (Wildman–Crippen LogP) is 3.14. The van der Waals surface area contributed by atoms with Crippen LogP contribution >= 0.6 is 11.3 Å². The number of nitrogens with one attached hydrogen (secondary N) is 1. The van der Waals surface area contributed by atoms with E-state index in [0.29, 0.717) is 35.2 Å². The summed E-state index contributed by atoms with van der Waals surface area (Å²) in [5.41, 5.74) is 1.04. The van der Waals surface area contributed by atoms with Crippen LogP contribution in [-0.2, 0) is 14.8 Å². The zero-order valence-electron chi connectivity index (χ0n) is 18.1. The van der Waals surface area contributed by atoms with Gasteiger partial charge in [-0.15, -0.1) is 15.6 Å². The number of sulfonamides is 1. The average Bonchev–Trinajstić information content (AvgIpc) is 3.34. The van der Waals surface area contributed by atoms with E-state index in [1.54, 1.807) is 27.7 Å². The highest BCUT2D eigenvalue weighted by Gasteiger charge is 2.36. The number of likely N-dealkylation sites (tertiary alicyclic amines) is 1. The number of rotatable bonds is 5. The van der Waals surface area contributed by atoms with E-state index < -0.39 is 27.8 Å². The number of pyridine rings is 1. The Hall–Kier alpha value is -2.93. The number of aryl methyl sites for hydroxylation is 1. The van der Waals surface area contributed by atoms with Crippen molar-refractivity contribution in [3.63, 3.8) is 0 Å². The van der Waals surface area contributed by atoms with Gasteiger partial charge in [-0.25, -0.2) is 28.0 Å². The van der Waals surface area contributed by atoms with Gasteiger partial charge in [0.15, 0.2) is 5.82 Å². The second-order valence-corrected chi connectivity index (χ2v) is 10.8. The molecule has 1 saturated heterocycles. The molecule has 1 aliphatic rings. The number of ether oxygens (including phenoxy) is 1. The number of hydrogen-bond acceptors (Lipinski definition) is 9. The summed E-state index contributed by atoms with van der Waals surface area (Å²) in [6, 6.07) is 1.27. The highest BCUT2D eigenvalue weighted by atomic mass is 32.2. The molecule has 2 N–H and O–H groups in total. The van der Waals surface area contributed by atoms with Crippen LogP contribution in [0.4, 0.5) is 21.2 Å². The van der Waals surface area contributed by atoms with Gasteiger partial charge in [0.25, 0.3) is 10.0 Å². The lowest BCUT2D eigenvalue weighted by Crippen LogP contribution is -2.41. The molecule has 2 aromatic rings. The van der Waals surface area contributed by atoms with Gasteiger partial charge in [0.2, 0.25) is 0 Å².